The first-order chi connectivity index (χ1) is 6.86. The van der Waals surface area contributed by atoms with Crippen LogP contribution in [0.25, 0.3) is 0 Å². The van der Waals surface area contributed by atoms with E-state index >= 15 is 0 Å². The van der Waals surface area contributed by atoms with Gasteiger partial charge in [-0.25, -0.2) is 0 Å². The van der Waals surface area contributed by atoms with Gasteiger partial charge >= 0.3 is 0 Å². The van der Waals surface area contributed by atoms with Crippen LogP contribution in [0.2, 0.25) is 0 Å². The Kier molecular flexibility index (Phi) is 1.63. The Morgan fingerprint density at radius 1 is 1.43 bits per heavy atom. The van der Waals surface area contributed by atoms with E-state index in [1.165, 1.54) is 11.1 Å². The van der Waals surface area contributed by atoms with Crippen LogP contribution < -0.4 is 4.74 Å². The third-order valence-electron chi connectivity index (χ3n) is 3.12. The molecule has 0 saturated carbocycles. The lowest BCUT2D eigenvalue weighted by molar-refractivity contribution is 0.269. The van der Waals surface area contributed by atoms with Gasteiger partial charge in [-0.05, 0) is 37.3 Å². The largest absolute Gasteiger partial charge is 0.493 e. The second-order valence-corrected chi connectivity index (χ2v) is 4.02. The van der Waals surface area contributed by atoms with Gasteiger partial charge in [0.05, 0.1) is 12.3 Å². The summed E-state index contributed by atoms with van der Waals surface area (Å²) in [6.45, 7) is 2.97. The van der Waals surface area contributed by atoms with E-state index in [2.05, 4.69) is 30.3 Å². The van der Waals surface area contributed by atoms with Gasteiger partial charge in [-0.3, -0.25) is 4.99 Å². The zero-order chi connectivity index (χ0) is 9.54. The van der Waals surface area contributed by atoms with Crippen molar-refractivity contribution in [3.8, 4) is 5.75 Å². The lowest BCUT2D eigenvalue weighted by atomic mass is 9.86. The smallest absolute Gasteiger partial charge is 0.124 e. The van der Waals surface area contributed by atoms with Crippen molar-refractivity contribution in [2.24, 2.45) is 4.99 Å². The highest BCUT2D eigenvalue weighted by Gasteiger charge is 2.26. The van der Waals surface area contributed by atoms with E-state index in [1.807, 2.05) is 0 Å². The minimum Gasteiger partial charge on any atom is -0.493 e. The van der Waals surface area contributed by atoms with Gasteiger partial charge in [0, 0.05) is 11.8 Å². The minimum absolute atomic E-state index is 0.645. The normalized spacial score (nSPS) is 22.8. The first-order valence-electron chi connectivity index (χ1n) is 5.15. The van der Waals surface area contributed by atoms with E-state index in [0.29, 0.717) is 5.92 Å². The summed E-state index contributed by atoms with van der Waals surface area (Å²) in [5.41, 5.74) is 3.76. The molecular weight excluding hydrogens is 174 g/mol. The molecule has 0 fully saturated rings. The molecule has 2 heterocycles. The van der Waals surface area contributed by atoms with Crippen LogP contribution in [0.3, 0.4) is 0 Å². The van der Waals surface area contributed by atoms with Crippen LogP contribution in [0.5, 0.6) is 5.75 Å². The molecule has 1 atom stereocenters. The van der Waals surface area contributed by atoms with Crippen molar-refractivity contribution in [3.05, 3.63) is 23.3 Å². The van der Waals surface area contributed by atoms with Crippen LogP contribution in [-0.2, 0) is 0 Å². The van der Waals surface area contributed by atoms with Crippen molar-refractivity contribution in [3.63, 3.8) is 0 Å². The molecule has 0 aliphatic carbocycles. The van der Waals surface area contributed by atoms with Gasteiger partial charge < -0.3 is 4.74 Å². The molecule has 1 aromatic carbocycles. The Hall–Kier alpha value is -1.31. The van der Waals surface area contributed by atoms with Gasteiger partial charge in [-0.15, -0.1) is 0 Å². The van der Waals surface area contributed by atoms with Crippen molar-refractivity contribution in [1.29, 1.82) is 0 Å². The standard InChI is InChI=1S/C12H13NO/c1-8-2-3-10-11-9(5-7-14-10)4-6-13-12(8)11/h2-3,6,9H,4-5,7H2,1H3. The molecule has 0 N–H and O–H groups in total. The van der Waals surface area contributed by atoms with Crippen LogP contribution in [0, 0.1) is 6.92 Å². The van der Waals surface area contributed by atoms with Gasteiger partial charge in [0.2, 0.25) is 0 Å². The first-order valence-corrected chi connectivity index (χ1v) is 5.15. The van der Waals surface area contributed by atoms with E-state index in [0.717, 1.165) is 30.9 Å². The fraction of sp³-hybridized carbons (Fsp3) is 0.417. The molecule has 1 aromatic rings. The van der Waals surface area contributed by atoms with Gasteiger partial charge in [-0.1, -0.05) is 6.07 Å². The molecule has 0 bridgehead atoms. The van der Waals surface area contributed by atoms with Crippen molar-refractivity contribution in [2.45, 2.75) is 25.7 Å². The topological polar surface area (TPSA) is 21.6 Å². The molecule has 2 aliphatic rings. The number of aryl methyl sites for hydroxylation is 1. The van der Waals surface area contributed by atoms with Crippen LogP contribution >= 0.6 is 0 Å². The second kappa shape index (κ2) is 2.84. The van der Waals surface area contributed by atoms with Crippen molar-refractivity contribution < 1.29 is 4.74 Å². The van der Waals surface area contributed by atoms with Gasteiger partial charge in [0.25, 0.3) is 0 Å². The Morgan fingerprint density at radius 2 is 2.36 bits per heavy atom. The fourth-order valence-electron chi connectivity index (χ4n) is 2.35. The quantitative estimate of drug-likeness (QED) is 0.612. The summed E-state index contributed by atoms with van der Waals surface area (Å²) >= 11 is 0. The monoisotopic (exact) mass is 187 g/mol. The average molecular weight is 187 g/mol. The Morgan fingerprint density at radius 3 is 3.29 bits per heavy atom. The van der Waals surface area contributed by atoms with Crippen molar-refractivity contribution >= 4 is 11.9 Å². The highest BCUT2D eigenvalue weighted by atomic mass is 16.5. The number of nitrogens with zero attached hydrogens (tertiary/aromatic N) is 1. The van der Waals surface area contributed by atoms with Crippen LogP contribution in [-0.4, -0.2) is 12.8 Å². The SMILES string of the molecule is Cc1ccc2c3c1N=CCC3CCO2. The second-order valence-electron chi connectivity index (χ2n) is 4.02. The van der Waals surface area contributed by atoms with Gasteiger partial charge in [0.1, 0.15) is 5.75 Å². The summed E-state index contributed by atoms with van der Waals surface area (Å²) < 4.78 is 5.65. The predicted octanol–water partition coefficient (Wildman–Crippen LogP) is 2.97. The Balaban J connectivity index is 2.28. The molecule has 0 aromatic heterocycles. The lowest BCUT2D eigenvalue weighted by Gasteiger charge is -2.29. The third-order valence-corrected chi connectivity index (χ3v) is 3.12. The Bertz CT molecular complexity index is 409. The number of rotatable bonds is 0. The summed E-state index contributed by atoms with van der Waals surface area (Å²) in [5.74, 6) is 1.70. The number of ether oxygens (including phenoxy) is 1. The first kappa shape index (κ1) is 8.04. The summed E-state index contributed by atoms with van der Waals surface area (Å²) in [6, 6.07) is 4.18. The lowest BCUT2D eigenvalue weighted by Crippen LogP contribution is -2.17. The van der Waals surface area contributed by atoms with Gasteiger partial charge in [0.15, 0.2) is 0 Å². The number of hydrogen-bond donors (Lipinski definition) is 0. The fourth-order valence-corrected chi connectivity index (χ4v) is 2.35. The predicted molar refractivity (Wildman–Crippen MR) is 56.8 cm³/mol. The maximum atomic E-state index is 5.65. The maximum Gasteiger partial charge on any atom is 0.124 e. The average Bonchev–Trinajstić information content (AvgIpc) is 2.24. The molecular formula is C12H13NO. The molecule has 0 amide bonds. The van der Waals surface area contributed by atoms with E-state index < -0.39 is 0 Å². The molecule has 2 heteroatoms. The zero-order valence-electron chi connectivity index (χ0n) is 8.29. The third kappa shape index (κ3) is 0.999. The molecule has 3 rings (SSSR count). The summed E-state index contributed by atoms with van der Waals surface area (Å²) in [7, 11) is 0. The molecule has 1 unspecified atom stereocenters. The van der Waals surface area contributed by atoms with Crippen LogP contribution in [0.15, 0.2) is 17.1 Å². The Labute approximate surface area is 83.6 Å². The van der Waals surface area contributed by atoms with E-state index in [1.54, 1.807) is 0 Å². The molecule has 14 heavy (non-hydrogen) atoms. The van der Waals surface area contributed by atoms with Crippen LogP contribution in [0.4, 0.5) is 5.69 Å². The summed E-state index contributed by atoms with van der Waals surface area (Å²) in [5, 5.41) is 0. The molecule has 0 saturated heterocycles. The van der Waals surface area contributed by atoms with E-state index in [9.17, 15) is 0 Å². The summed E-state index contributed by atoms with van der Waals surface area (Å²) in [4.78, 5) is 4.48. The minimum atomic E-state index is 0.645. The van der Waals surface area contributed by atoms with E-state index in [4.69, 9.17) is 4.74 Å². The van der Waals surface area contributed by atoms with Crippen molar-refractivity contribution in [1.82, 2.24) is 0 Å². The zero-order valence-corrected chi connectivity index (χ0v) is 8.29. The highest BCUT2D eigenvalue weighted by molar-refractivity contribution is 5.74. The molecule has 2 aliphatic heterocycles. The van der Waals surface area contributed by atoms with Crippen LogP contribution in [0.1, 0.15) is 29.9 Å². The van der Waals surface area contributed by atoms with Gasteiger partial charge in [-0.2, -0.15) is 0 Å². The molecule has 2 nitrogen and oxygen atoms in total. The number of aliphatic imine (C=N–C) groups is 1. The summed E-state index contributed by atoms with van der Waals surface area (Å²) in [6.07, 6.45) is 4.26. The van der Waals surface area contributed by atoms with Crippen molar-refractivity contribution in [2.75, 3.05) is 6.61 Å². The highest BCUT2D eigenvalue weighted by Crippen LogP contribution is 2.45. The molecule has 0 spiro atoms. The maximum absolute atomic E-state index is 5.65. The van der Waals surface area contributed by atoms with E-state index in [-0.39, 0.29) is 0 Å². The molecule has 72 valence electrons. The number of benzene rings is 1. The number of hydrogen-bond acceptors (Lipinski definition) is 2. The molecule has 0 radical (unpaired) electrons.